The van der Waals surface area contributed by atoms with Crippen molar-refractivity contribution in [1.82, 2.24) is 9.78 Å². The number of aliphatic hydroxyl groups excluding tert-OH is 1. The van der Waals surface area contributed by atoms with Crippen molar-refractivity contribution in [2.24, 2.45) is 0 Å². The summed E-state index contributed by atoms with van der Waals surface area (Å²) in [4.78, 5) is 0. The van der Waals surface area contributed by atoms with E-state index in [0.717, 1.165) is 24.3 Å². The lowest BCUT2D eigenvalue weighted by atomic mass is 10.2. The summed E-state index contributed by atoms with van der Waals surface area (Å²) in [5.74, 6) is 0.812. The van der Waals surface area contributed by atoms with E-state index in [9.17, 15) is 5.11 Å². The Labute approximate surface area is 102 Å². The molecule has 0 aliphatic heterocycles. The van der Waals surface area contributed by atoms with Gasteiger partial charge in [-0.1, -0.05) is 13.8 Å². The normalized spacial score (nSPS) is 15.0. The second-order valence-corrected chi connectivity index (χ2v) is 5.59. The summed E-state index contributed by atoms with van der Waals surface area (Å²) >= 11 is 1.84. The third kappa shape index (κ3) is 4.58. The van der Waals surface area contributed by atoms with Gasteiger partial charge in [0.05, 0.1) is 12.3 Å². The number of nitrogens with zero attached hydrogens (tertiary/aromatic N) is 2. The number of hydrogen-bond acceptors (Lipinski definition) is 3. The van der Waals surface area contributed by atoms with E-state index in [1.54, 1.807) is 0 Å². The van der Waals surface area contributed by atoms with Crippen LogP contribution >= 0.6 is 11.8 Å². The van der Waals surface area contributed by atoms with Crippen molar-refractivity contribution in [1.29, 1.82) is 0 Å². The van der Waals surface area contributed by atoms with E-state index in [0.29, 0.717) is 11.7 Å². The monoisotopic (exact) mass is 242 g/mol. The fourth-order valence-corrected chi connectivity index (χ4v) is 2.31. The second-order valence-electron chi connectivity index (χ2n) is 4.11. The Morgan fingerprint density at radius 3 is 2.81 bits per heavy atom. The summed E-state index contributed by atoms with van der Waals surface area (Å²) < 4.78 is 1.89. The maximum Gasteiger partial charge on any atom is 0.0672 e. The van der Waals surface area contributed by atoms with Crippen LogP contribution in [0.3, 0.4) is 0 Å². The van der Waals surface area contributed by atoms with Gasteiger partial charge >= 0.3 is 0 Å². The maximum absolute atomic E-state index is 9.87. The van der Waals surface area contributed by atoms with Crippen LogP contribution in [0.4, 0.5) is 0 Å². The van der Waals surface area contributed by atoms with Gasteiger partial charge in [0.15, 0.2) is 0 Å². The Morgan fingerprint density at radius 2 is 2.25 bits per heavy atom. The minimum absolute atomic E-state index is 0.256. The van der Waals surface area contributed by atoms with Gasteiger partial charge in [-0.3, -0.25) is 4.68 Å². The molecule has 1 heterocycles. The van der Waals surface area contributed by atoms with Gasteiger partial charge in [-0.25, -0.2) is 0 Å². The molecule has 1 aromatic heterocycles. The van der Waals surface area contributed by atoms with Crippen LogP contribution in [0.25, 0.3) is 0 Å². The van der Waals surface area contributed by atoms with Crippen molar-refractivity contribution in [2.75, 3.05) is 5.75 Å². The van der Waals surface area contributed by atoms with Crippen LogP contribution in [-0.2, 0) is 13.0 Å². The van der Waals surface area contributed by atoms with E-state index in [1.807, 2.05) is 28.8 Å². The average molecular weight is 242 g/mol. The molecule has 4 heteroatoms. The zero-order chi connectivity index (χ0) is 12.0. The molecule has 0 bridgehead atoms. The van der Waals surface area contributed by atoms with E-state index >= 15 is 0 Å². The third-order valence-corrected chi connectivity index (χ3v) is 4.11. The lowest BCUT2D eigenvalue weighted by Crippen LogP contribution is -2.15. The van der Waals surface area contributed by atoms with Crippen LogP contribution in [-0.4, -0.2) is 32.0 Å². The standard InChI is InChI=1S/C12H22N2OS/c1-4-10(3)16-9-12(15)6-11-7-13-14(5-2)8-11/h7-8,10,12,15H,4-6,9H2,1-3H3. The molecule has 0 aliphatic rings. The summed E-state index contributed by atoms with van der Waals surface area (Å²) in [5, 5.41) is 14.7. The number of aromatic nitrogens is 2. The first kappa shape index (κ1) is 13.6. The molecule has 1 rings (SSSR count). The summed E-state index contributed by atoms with van der Waals surface area (Å²) in [5.41, 5.74) is 1.12. The molecule has 0 saturated carbocycles. The average Bonchev–Trinajstić information content (AvgIpc) is 2.73. The molecule has 0 aliphatic carbocycles. The van der Waals surface area contributed by atoms with Gasteiger partial charge in [-0.05, 0) is 18.9 Å². The highest BCUT2D eigenvalue weighted by molar-refractivity contribution is 7.99. The van der Waals surface area contributed by atoms with Gasteiger partial charge in [0.2, 0.25) is 0 Å². The fraction of sp³-hybridized carbons (Fsp3) is 0.750. The van der Waals surface area contributed by atoms with Gasteiger partial charge in [0.1, 0.15) is 0 Å². The summed E-state index contributed by atoms with van der Waals surface area (Å²) in [7, 11) is 0. The van der Waals surface area contributed by atoms with Crippen molar-refractivity contribution in [3.05, 3.63) is 18.0 Å². The van der Waals surface area contributed by atoms with E-state index in [1.165, 1.54) is 0 Å². The molecule has 16 heavy (non-hydrogen) atoms. The van der Waals surface area contributed by atoms with E-state index in [2.05, 4.69) is 25.9 Å². The van der Waals surface area contributed by atoms with Crippen LogP contribution in [0.1, 0.15) is 32.8 Å². The Morgan fingerprint density at radius 1 is 1.50 bits per heavy atom. The van der Waals surface area contributed by atoms with Crippen molar-refractivity contribution in [2.45, 2.75) is 51.5 Å². The first-order valence-corrected chi connectivity index (χ1v) is 7.01. The van der Waals surface area contributed by atoms with Crippen LogP contribution < -0.4 is 0 Å². The molecule has 1 aromatic rings. The summed E-state index contributed by atoms with van der Waals surface area (Å²) in [6.07, 6.45) is 5.47. The molecule has 0 radical (unpaired) electrons. The highest BCUT2D eigenvalue weighted by atomic mass is 32.2. The third-order valence-electron chi connectivity index (χ3n) is 2.63. The van der Waals surface area contributed by atoms with Crippen LogP contribution in [0.15, 0.2) is 12.4 Å². The molecule has 0 amide bonds. The minimum atomic E-state index is -0.256. The highest BCUT2D eigenvalue weighted by Gasteiger charge is 2.09. The number of aryl methyl sites for hydroxylation is 1. The highest BCUT2D eigenvalue weighted by Crippen LogP contribution is 2.16. The zero-order valence-corrected chi connectivity index (χ0v) is 11.2. The molecule has 3 nitrogen and oxygen atoms in total. The number of rotatable bonds is 7. The van der Waals surface area contributed by atoms with E-state index in [-0.39, 0.29) is 6.10 Å². The van der Waals surface area contributed by atoms with Crippen LogP contribution in [0.5, 0.6) is 0 Å². The lowest BCUT2D eigenvalue weighted by molar-refractivity contribution is 0.200. The molecular formula is C12H22N2OS. The molecular weight excluding hydrogens is 220 g/mol. The molecule has 0 spiro atoms. The molecule has 92 valence electrons. The van der Waals surface area contributed by atoms with Crippen molar-refractivity contribution < 1.29 is 5.11 Å². The quantitative estimate of drug-likeness (QED) is 0.797. The van der Waals surface area contributed by atoms with E-state index in [4.69, 9.17) is 0 Å². The van der Waals surface area contributed by atoms with Gasteiger partial charge in [0, 0.05) is 30.2 Å². The van der Waals surface area contributed by atoms with Crippen molar-refractivity contribution in [3.63, 3.8) is 0 Å². The Hall–Kier alpha value is -0.480. The minimum Gasteiger partial charge on any atom is -0.392 e. The number of hydrogen-bond donors (Lipinski definition) is 1. The molecule has 0 fully saturated rings. The number of aliphatic hydroxyl groups is 1. The molecule has 0 aromatic carbocycles. The summed E-state index contributed by atoms with van der Waals surface area (Å²) in [6, 6.07) is 0. The first-order chi connectivity index (χ1) is 7.65. The largest absolute Gasteiger partial charge is 0.392 e. The van der Waals surface area contributed by atoms with E-state index < -0.39 is 0 Å². The van der Waals surface area contributed by atoms with Crippen LogP contribution in [0, 0.1) is 0 Å². The Kier molecular flexibility index (Phi) is 5.91. The molecule has 2 atom stereocenters. The molecule has 1 N–H and O–H groups in total. The summed E-state index contributed by atoms with van der Waals surface area (Å²) in [6.45, 7) is 7.32. The predicted molar refractivity (Wildman–Crippen MR) is 69.8 cm³/mol. The van der Waals surface area contributed by atoms with Gasteiger partial charge in [-0.2, -0.15) is 16.9 Å². The topological polar surface area (TPSA) is 38.1 Å². The fourth-order valence-electron chi connectivity index (χ4n) is 1.41. The predicted octanol–water partition coefficient (Wildman–Crippen LogP) is 2.34. The van der Waals surface area contributed by atoms with Gasteiger partial charge in [-0.15, -0.1) is 0 Å². The van der Waals surface area contributed by atoms with Crippen molar-refractivity contribution >= 4 is 11.8 Å². The SMILES string of the molecule is CCC(C)SCC(O)Cc1cnn(CC)c1. The Balaban J connectivity index is 2.30. The van der Waals surface area contributed by atoms with Crippen molar-refractivity contribution in [3.8, 4) is 0 Å². The number of thioether (sulfide) groups is 1. The zero-order valence-electron chi connectivity index (χ0n) is 10.4. The second kappa shape index (κ2) is 6.97. The first-order valence-electron chi connectivity index (χ1n) is 5.96. The van der Waals surface area contributed by atoms with Crippen LogP contribution in [0.2, 0.25) is 0 Å². The van der Waals surface area contributed by atoms with Gasteiger partial charge in [0.25, 0.3) is 0 Å². The van der Waals surface area contributed by atoms with Gasteiger partial charge < -0.3 is 5.11 Å². The lowest BCUT2D eigenvalue weighted by Gasteiger charge is -2.12. The Bertz CT molecular complexity index is 301. The molecule has 0 saturated heterocycles. The maximum atomic E-state index is 9.87. The smallest absolute Gasteiger partial charge is 0.0672 e. The molecule has 2 unspecified atom stereocenters.